The molecule has 0 atom stereocenters. The fourth-order valence-corrected chi connectivity index (χ4v) is 2.03. The van der Waals surface area contributed by atoms with Crippen LogP contribution in [-0.2, 0) is 0 Å². The van der Waals surface area contributed by atoms with E-state index in [1.807, 2.05) is 25.1 Å². The summed E-state index contributed by atoms with van der Waals surface area (Å²) in [7, 11) is 0. The number of ether oxygens (including phenoxy) is 2. The van der Waals surface area contributed by atoms with Crippen LogP contribution in [0.1, 0.15) is 15.9 Å². The highest BCUT2D eigenvalue weighted by Gasteiger charge is 2.09. The molecule has 0 saturated carbocycles. The van der Waals surface area contributed by atoms with Crippen molar-refractivity contribution < 1.29 is 19.4 Å². The van der Waals surface area contributed by atoms with Crippen molar-refractivity contribution in [1.29, 1.82) is 0 Å². The Bertz CT molecular complexity index is 640. The quantitative estimate of drug-likeness (QED) is 0.802. The predicted molar refractivity (Wildman–Crippen MR) is 83.3 cm³/mol. The van der Waals surface area contributed by atoms with Crippen LogP contribution in [0.2, 0.25) is 0 Å². The number of aryl methyl sites for hydroxylation is 1. The molecule has 0 spiro atoms. The second kappa shape index (κ2) is 7.13. The van der Waals surface area contributed by atoms with Crippen LogP contribution >= 0.6 is 15.9 Å². The van der Waals surface area contributed by atoms with E-state index in [1.165, 1.54) is 6.07 Å². The van der Waals surface area contributed by atoms with E-state index in [-0.39, 0.29) is 12.2 Å². The molecular weight excluding hydrogens is 336 g/mol. The summed E-state index contributed by atoms with van der Waals surface area (Å²) in [5.74, 6) is 0.0986. The standard InChI is InChI=1S/C16H15BrO4/c1-11-10-12(6-7-14(11)17)20-8-9-21-15-5-3-2-4-13(15)16(18)19/h2-7,10H,8-9H2,1H3,(H,18,19). The van der Waals surface area contributed by atoms with Gasteiger partial charge in [0, 0.05) is 4.47 Å². The smallest absolute Gasteiger partial charge is 0.339 e. The summed E-state index contributed by atoms with van der Waals surface area (Å²) in [6.45, 7) is 2.60. The number of halogens is 1. The van der Waals surface area contributed by atoms with Gasteiger partial charge in [-0.2, -0.15) is 0 Å². The number of hydrogen-bond donors (Lipinski definition) is 1. The minimum Gasteiger partial charge on any atom is -0.490 e. The fourth-order valence-electron chi connectivity index (χ4n) is 1.79. The van der Waals surface area contributed by atoms with Gasteiger partial charge in [-0.05, 0) is 42.8 Å². The van der Waals surface area contributed by atoms with Gasteiger partial charge in [0.05, 0.1) is 0 Å². The van der Waals surface area contributed by atoms with Crippen LogP contribution in [0, 0.1) is 6.92 Å². The second-order valence-corrected chi connectivity index (χ2v) is 5.26. The van der Waals surface area contributed by atoms with Crippen molar-refractivity contribution in [2.75, 3.05) is 13.2 Å². The fraction of sp³-hybridized carbons (Fsp3) is 0.188. The molecule has 0 aliphatic carbocycles. The SMILES string of the molecule is Cc1cc(OCCOc2ccccc2C(=O)O)ccc1Br. The van der Waals surface area contributed by atoms with E-state index < -0.39 is 5.97 Å². The lowest BCUT2D eigenvalue weighted by Gasteiger charge is -2.10. The van der Waals surface area contributed by atoms with Crippen molar-refractivity contribution in [3.8, 4) is 11.5 Å². The van der Waals surface area contributed by atoms with E-state index >= 15 is 0 Å². The van der Waals surface area contributed by atoms with Gasteiger partial charge in [-0.1, -0.05) is 28.1 Å². The monoisotopic (exact) mass is 350 g/mol. The summed E-state index contributed by atoms with van der Waals surface area (Å²) >= 11 is 3.43. The van der Waals surface area contributed by atoms with Crippen LogP contribution in [0.4, 0.5) is 0 Å². The molecular formula is C16H15BrO4. The van der Waals surface area contributed by atoms with Gasteiger partial charge in [0.25, 0.3) is 0 Å². The number of benzene rings is 2. The molecule has 5 heteroatoms. The molecule has 0 radical (unpaired) electrons. The Morgan fingerprint density at radius 2 is 1.86 bits per heavy atom. The number of carboxylic acids is 1. The molecule has 0 bridgehead atoms. The van der Waals surface area contributed by atoms with Crippen LogP contribution < -0.4 is 9.47 Å². The largest absolute Gasteiger partial charge is 0.490 e. The van der Waals surface area contributed by atoms with Crippen LogP contribution in [0.3, 0.4) is 0 Å². The third-order valence-electron chi connectivity index (χ3n) is 2.86. The van der Waals surface area contributed by atoms with Crippen LogP contribution in [0.5, 0.6) is 11.5 Å². The van der Waals surface area contributed by atoms with Gasteiger partial charge < -0.3 is 14.6 Å². The highest BCUT2D eigenvalue weighted by atomic mass is 79.9. The normalized spacial score (nSPS) is 10.2. The summed E-state index contributed by atoms with van der Waals surface area (Å²) in [4.78, 5) is 11.0. The molecule has 21 heavy (non-hydrogen) atoms. The minimum atomic E-state index is -1.00. The maximum atomic E-state index is 11.0. The molecule has 0 aliphatic heterocycles. The second-order valence-electron chi connectivity index (χ2n) is 4.41. The van der Waals surface area contributed by atoms with Crippen LogP contribution in [0.25, 0.3) is 0 Å². The first kappa shape index (κ1) is 15.4. The lowest BCUT2D eigenvalue weighted by Crippen LogP contribution is -2.11. The van der Waals surface area contributed by atoms with Gasteiger partial charge in [0.15, 0.2) is 0 Å². The number of rotatable bonds is 6. The lowest BCUT2D eigenvalue weighted by molar-refractivity contribution is 0.0691. The minimum absolute atomic E-state index is 0.150. The molecule has 0 unspecified atom stereocenters. The number of aromatic carboxylic acids is 1. The van der Waals surface area contributed by atoms with Gasteiger partial charge in [0.1, 0.15) is 30.3 Å². The first-order valence-corrected chi connectivity index (χ1v) is 7.21. The first-order chi connectivity index (χ1) is 10.1. The van der Waals surface area contributed by atoms with Crippen molar-refractivity contribution in [2.45, 2.75) is 6.92 Å². The Hall–Kier alpha value is -2.01. The van der Waals surface area contributed by atoms with E-state index in [9.17, 15) is 4.79 Å². The molecule has 0 heterocycles. The van der Waals surface area contributed by atoms with E-state index in [0.29, 0.717) is 12.4 Å². The molecule has 0 aromatic heterocycles. The molecule has 0 amide bonds. The molecule has 0 aliphatic rings. The lowest BCUT2D eigenvalue weighted by atomic mass is 10.2. The zero-order chi connectivity index (χ0) is 15.2. The topological polar surface area (TPSA) is 55.8 Å². The molecule has 110 valence electrons. The van der Waals surface area contributed by atoms with Gasteiger partial charge in [-0.3, -0.25) is 0 Å². The number of carboxylic acid groups (broad SMARTS) is 1. The Morgan fingerprint density at radius 1 is 1.14 bits per heavy atom. The van der Waals surface area contributed by atoms with Crippen molar-refractivity contribution in [3.05, 3.63) is 58.1 Å². The highest BCUT2D eigenvalue weighted by molar-refractivity contribution is 9.10. The van der Waals surface area contributed by atoms with Crippen molar-refractivity contribution in [3.63, 3.8) is 0 Å². The van der Waals surface area contributed by atoms with Gasteiger partial charge in [0.2, 0.25) is 0 Å². The highest BCUT2D eigenvalue weighted by Crippen LogP contribution is 2.22. The molecule has 2 aromatic rings. The molecule has 2 aromatic carbocycles. The first-order valence-electron chi connectivity index (χ1n) is 6.42. The third kappa shape index (κ3) is 4.23. The Kier molecular flexibility index (Phi) is 5.22. The molecule has 2 rings (SSSR count). The van der Waals surface area contributed by atoms with Crippen LogP contribution in [-0.4, -0.2) is 24.3 Å². The Labute approximate surface area is 131 Å². The zero-order valence-corrected chi connectivity index (χ0v) is 13.1. The van der Waals surface area contributed by atoms with Crippen molar-refractivity contribution >= 4 is 21.9 Å². The zero-order valence-electron chi connectivity index (χ0n) is 11.5. The summed E-state index contributed by atoms with van der Waals surface area (Å²) in [6.07, 6.45) is 0. The summed E-state index contributed by atoms with van der Waals surface area (Å²) in [5, 5.41) is 9.04. The number of para-hydroxylation sites is 1. The van der Waals surface area contributed by atoms with Crippen molar-refractivity contribution in [1.82, 2.24) is 0 Å². The summed E-state index contributed by atoms with van der Waals surface area (Å²) in [5.41, 5.74) is 1.24. The maximum absolute atomic E-state index is 11.0. The summed E-state index contributed by atoms with van der Waals surface area (Å²) in [6, 6.07) is 12.3. The summed E-state index contributed by atoms with van der Waals surface area (Å²) < 4.78 is 12.1. The molecule has 0 fully saturated rings. The maximum Gasteiger partial charge on any atom is 0.339 e. The number of hydrogen-bond acceptors (Lipinski definition) is 3. The van der Waals surface area contributed by atoms with E-state index in [4.69, 9.17) is 14.6 Å². The Balaban J connectivity index is 1.87. The number of carbonyl (C=O) groups is 1. The van der Waals surface area contributed by atoms with Gasteiger partial charge in [-0.15, -0.1) is 0 Å². The molecule has 1 N–H and O–H groups in total. The Morgan fingerprint density at radius 3 is 2.57 bits per heavy atom. The van der Waals surface area contributed by atoms with E-state index in [1.54, 1.807) is 18.2 Å². The average molecular weight is 351 g/mol. The van der Waals surface area contributed by atoms with E-state index in [2.05, 4.69) is 15.9 Å². The predicted octanol–water partition coefficient (Wildman–Crippen LogP) is 3.91. The average Bonchev–Trinajstić information content (AvgIpc) is 2.47. The molecule has 0 saturated heterocycles. The van der Waals surface area contributed by atoms with Crippen LogP contribution in [0.15, 0.2) is 46.9 Å². The van der Waals surface area contributed by atoms with Gasteiger partial charge in [-0.25, -0.2) is 4.79 Å². The molecule has 4 nitrogen and oxygen atoms in total. The van der Waals surface area contributed by atoms with E-state index in [0.717, 1.165) is 15.8 Å². The third-order valence-corrected chi connectivity index (χ3v) is 3.75. The van der Waals surface area contributed by atoms with Crippen molar-refractivity contribution in [2.24, 2.45) is 0 Å². The van der Waals surface area contributed by atoms with Gasteiger partial charge >= 0.3 is 5.97 Å².